The summed E-state index contributed by atoms with van der Waals surface area (Å²) in [7, 11) is 0. The van der Waals surface area contributed by atoms with Crippen molar-refractivity contribution < 1.29 is 4.42 Å². The molecule has 0 saturated carbocycles. The maximum absolute atomic E-state index is 5.28. The van der Waals surface area contributed by atoms with Gasteiger partial charge in [0.15, 0.2) is 0 Å². The first-order valence-electron chi connectivity index (χ1n) is 4.72. The van der Waals surface area contributed by atoms with Gasteiger partial charge in [-0.15, -0.1) is 0 Å². The quantitative estimate of drug-likeness (QED) is 0.677. The number of hydrogen-bond acceptors (Lipinski definition) is 1. The highest BCUT2D eigenvalue weighted by molar-refractivity contribution is 5.77. The molecule has 0 bridgehead atoms. The van der Waals surface area contributed by atoms with E-state index in [9.17, 15) is 0 Å². The third kappa shape index (κ3) is 1.74. The zero-order valence-electron chi connectivity index (χ0n) is 8.08. The highest BCUT2D eigenvalue weighted by Gasteiger charge is 2.00. The summed E-state index contributed by atoms with van der Waals surface area (Å²) in [6.07, 6.45) is 2.88. The van der Waals surface area contributed by atoms with Gasteiger partial charge in [-0.3, -0.25) is 0 Å². The van der Waals surface area contributed by atoms with Gasteiger partial charge in [-0.25, -0.2) is 0 Å². The van der Waals surface area contributed by atoms with E-state index in [1.807, 2.05) is 12.1 Å². The summed E-state index contributed by atoms with van der Waals surface area (Å²) in [5, 5.41) is 1.21. The van der Waals surface area contributed by atoms with Crippen LogP contribution >= 0.6 is 0 Å². The van der Waals surface area contributed by atoms with Crippen molar-refractivity contribution in [2.45, 2.75) is 20.3 Å². The monoisotopic (exact) mass is 174 g/mol. The highest BCUT2D eigenvalue weighted by atomic mass is 16.3. The first-order valence-corrected chi connectivity index (χ1v) is 4.72. The minimum Gasteiger partial charge on any atom is -0.464 e. The Labute approximate surface area is 78.4 Å². The Morgan fingerprint density at radius 2 is 2.08 bits per heavy atom. The van der Waals surface area contributed by atoms with Crippen LogP contribution in [0.2, 0.25) is 0 Å². The summed E-state index contributed by atoms with van der Waals surface area (Å²) in [6, 6.07) is 8.41. The van der Waals surface area contributed by atoms with Crippen molar-refractivity contribution in [1.29, 1.82) is 0 Å². The molecule has 2 aromatic rings. The molecule has 0 aliphatic carbocycles. The zero-order valence-corrected chi connectivity index (χ0v) is 8.08. The second-order valence-corrected chi connectivity index (χ2v) is 3.89. The Kier molecular flexibility index (Phi) is 2.09. The van der Waals surface area contributed by atoms with Gasteiger partial charge in [-0.05, 0) is 36.1 Å². The molecular formula is C12H14O. The van der Waals surface area contributed by atoms with Crippen molar-refractivity contribution >= 4 is 11.0 Å². The molecule has 2 rings (SSSR count). The van der Waals surface area contributed by atoms with Gasteiger partial charge in [-0.1, -0.05) is 19.9 Å². The smallest absolute Gasteiger partial charge is 0.133 e. The Balaban J connectivity index is 2.37. The van der Waals surface area contributed by atoms with Gasteiger partial charge in [0, 0.05) is 5.39 Å². The molecule has 0 spiro atoms. The van der Waals surface area contributed by atoms with Crippen LogP contribution in [0.15, 0.2) is 34.9 Å². The number of benzene rings is 1. The van der Waals surface area contributed by atoms with E-state index in [-0.39, 0.29) is 0 Å². The molecule has 0 radical (unpaired) electrons. The molecule has 0 aliphatic rings. The van der Waals surface area contributed by atoms with Crippen LogP contribution in [0.3, 0.4) is 0 Å². The van der Waals surface area contributed by atoms with Gasteiger partial charge in [0.2, 0.25) is 0 Å². The molecule has 1 heterocycles. The Morgan fingerprint density at radius 1 is 1.23 bits per heavy atom. The minimum absolute atomic E-state index is 0.712. The van der Waals surface area contributed by atoms with Crippen molar-refractivity contribution in [1.82, 2.24) is 0 Å². The SMILES string of the molecule is CC(C)Cc1ccc2occc2c1. The molecule has 1 aromatic heterocycles. The van der Waals surface area contributed by atoms with E-state index in [1.54, 1.807) is 6.26 Å². The minimum atomic E-state index is 0.712. The van der Waals surface area contributed by atoms with Crippen molar-refractivity contribution in [2.75, 3.05) is 0 Å². The van der Waals surface area contributed by atoms with Crippen molar-refractivity contribution in [3.63, 3.8) is 0 Å². The van der Waals surface area contributed by atoms with Gasteiger partial charge in [0.05, 0.1) is 6.26 Å². The summed E-state index contributed by atoms with van der Waals surface area (Å²) in [5.74, 6) is 0.712. The Bertz CT molecular complexity index is 398. The molecule has 0 saturated heterocycles. The van der Waals surface area contributed by atoms with E-state index in [0.717, 1.165) is 12.0 Å². The molecule has 0 N–H and O–H groups in total. The summed E-state index contributed by atoms with van der Waals surface area (Å²) in [6.45, 7) is 4.47. The largest absolute Gasteiger partial charge is 0.464 e. The van der Waals surface area contributed by atoms with Crippen LogP contribution < -0.4 is 0 Å². The molecule has 0 aliphatic heterocycles. The number of rotatable bonds is 2. The fourth-order valence-corrected chi connectivity index (χ4v) is 1.61. The van der Waals surface area contributed by atoms with Crippen molar-refractivity contribution in [3.05, 3.63) is 36.1 Å². The fraction of sp³-hybridized carbons (Fsp3) is 0.333. The van der Waals surface area contributed by atoms with Crippen LogP contribution in [0.25, 0.3) is 11.0 Å². The van der Waals surface area contributed by atoms with E-state index in [2.05, 4.69) is 26.0 Å². The first-order chi connectivity index (χ1) is 6.25. The molecule has 0 fully saturated rings. The maximum atomic E-state index is 5.28. The van der Waals surface area contributed by atoms with Crippen LogP contribution in [0.5, 0.6) is 0 Å². The maximum Gasteiger partial charge on any atom is 0.133 e. The Morgan fingerprint density at radius 3 is 2.85 bits per heavy atom. The van der Waals surface area contributed by atoms with Crippen LogP contribution in [0.1, 0.15) is 19.4 Å². The standard InChI is InChI=1S/C12H14O/c1-9(2)7-10-3-4-12-11(8-10)5-6-13-12/h3-6,8-9H,7H2,1-2H3. The lowest BCUT2D eigenvalue weighted by Crippen LogP contribution is -1.92. The summed E-state index contributed by atoms with van der Waals surface area (Å²) in [4.78, 5) is 0. The van der Waals surface area contributed by atoms with E-state index < -0.39 is 0 Å². The third-order valence-corrected chi connectivity index (χ3v) is 2.16. The third-order valence-electron chi connectivity index (χ3n) is 2.16. The highest BCUT2D eigenvalue weighted by Crippen LogP contribution is 2.18. The van der Waals surface area contributed by atoms with Gasteiger partial charge >= 0.3 is 0 Å². The molecule has 0 unspecified atom stereocenters. The molecule has 1 aromatic carbocycles. The van der Waals surface area contributed by atoms with Gasteiger partial charge in [0.1, 0.15) is 5.58 Å². The average molecular weight is 174 g/mol. The molecule has 13 heavy (non-hydrogen) atoms. The molecule has 0 amide bonds. The van der Waals surface area contributed by atoms with Crippen LogP contribution in [-0.4, -0.2) is 0 Å². The summed E-state index contributed by atoms with van der Waals surface area (Å²) < 4.78 is 5.28. The lowest BCUT2D eigenvalue weighted by Gasteiger charge is -2.03. The Hall–Kier alpha value is -1.24. The predicted molar refractivity (Wildman–Crippen MR) is 54.8 cm³/mol. The molecule has 68 valence electrons. The van der Waals surface area contributed by atoms with Gasteiger partial charge in [0.25, 0.3) is 0 Å². The van der Waals surface area contributed by atoms with Crippen molar-refractivity contribution in [2.24, 2.45) is 5.92 Å². The molecule has 1 heteroatoms. The zero-order chi connectivity index (χ0) is 9.26. The van der Waals surface area contributed by atoms with Crippen LogP contribution in [0.4, 0.5) is 0 Å². The number of furan rings is 1. The molecule has 0 atom stereocenters. The molecule has 1 nitrogen and oxygen atoms in total. The predicted octanol–water partition coefficient (Wildman–Crippen LogP) is 3.63. The van der Waals surface area contributed by atoms with E-state index in [0.29, 0.717) is 5.92 Å². The number of fused-ring (bicyclic) bond motifs is 1. The normalized spacial score (nSPS) is 11.3. The average Bonchev–Trinajstić information content (AvgIpc) is 2.49. The first kappa shape index (κ1) is 8.36. The second kappa shape index (κ2) is 3.25. The number of hydrogen-bond donors (Lipinski definition) is 0. The topological polar surface area (TPSA) is 13.1 Å². The van der Waals surface area contributed by atoms with Crippen LogP contribution in [-0.2, 0) is 6.42 Å². The summed E-state index contributed by atoms with van der Waals surface area (Å²) in [5.41, 5.74) is 2.37. The van der Waals surface area contributed by atoms with E-state index in [1.165, 1.54) is 10.9 Å². The molecular weight excluding hydrogens is 160 g/mol. The van der Waals surface area contributed by atoms with E-state index in [4.69, 9.17) is 4.42 Å². The van der Waals surface area contributed by atoms with E-state index >= 15 is 0 Å². The van der Waals surface area contributed by atoms with Crippen LogP contribution in [0, 0.1) is 5.92 Å². The second-order valence-electron chi connectivity index (χ2n) is 3.89. The van der Waals surface area contributed by atoms with Gasteiger partial charge in [-0.2, -0.15) is 0 Å². The lowest BCUT2D eigenvalue weighted by molar-refractivity contribution is 0.615. The lowest BCUT2D eigenvalue weighted by atomic mass is 10.0. The van der Waals surface area contributed by atoms with Gasteiger partial charge < -0.3 is 4.42 Å². The van der Waals surface area contributed by atoms with Crippen molar-refractivity contribution in [3.8, 4) is 0 Å². The fourth-order valence-electron chi connectivity index (χ4n) is 1.61. The summed E-state index contributed by atoms with van der Waals surface area (Å²) >= 11 is 0.